The zero-order valence-corrected chi connectivity index (χ0v) is 11.7. The summed E-state index contributed by atoms with van der Waals surface area (Å²) in [6.45, 7) is 0.0342. The summed E-state index contributed by atoms with van der Waals surface area (Å²) in [6.07, 6.45) is 0.365. The molecule has 116 valence electrons. The molecule has 1 aromatic rings. The van der Waals surface area contributed by atoms with Gasteiger partial charge in [0.1, 0.15) is 0 Å². The molecule has 0 aromatic heterocycles. The molecule has 0 radical (unpaired) electrons. The van der Waals surface area contributed by atoms with Gasteiger partial charge in [0, 0.05) is 13.1 Å². The van der Waals surface area contributed by atoms with Gasteiger partial charge in [-0.1, -0.05) is 6.07 Å². The van der Waals surface area contributed by atoms with Gasteiger partial charge < -0.3 is 5.11 Å². The number of hydrogen-bond donors (Lipinski definition) is 2. The van der Waals surface area contributed by atoms with E-state index in [9.17, 15) is 22.0 Å². The number of carboxylic acids is 1. The van der Waals surface area contributed by atoms with Crippen molar-refractivity contribution in [2.45, 2.75) is 12.8 Å². The van der Waals surface area contributed by atoms with Crippen molar-refractivity contribution in [3.8, 4) is 0 Å². The lowest BCUT2D eigenvalue weighted by molar-refractivity contribution is -0.142. The molecule has 2 N–H and O–H groups in total. The Morgan fingerprint density at radius 3 is 2.48 bits per heavy atom. The number of nitrogens with zero attached hydrogens (tertiary/aromatic N) is 1. The van der Waals surface area contributed by atoms with E-state index in [2.05, 4.69) is 0 Å². The Morgan fingerprint density at radius 1 is 1.29 bits per heavy atom. The lowest BCUT2D eigenvalue weighted by atomic mass is 9.99. The quantitative estimate of drug-likeness (QED) is 0.878. The molecule has 9 heteroatoms. The predicted molar refractivity (Wildman–Crippen MR) is 70.8 cm³/mol. The zero-order chi connectivity index (χ0) is 15.6. The van der Waals surface area contributed by atoms with Gasteiger partial charge in [0.15, 0.2) is 11.6 Å². The van der Waals surface area contributed by atoms with E-state index in [1.807, 2.05) is 4.72 Å². The number of hydrogen-bond acceptors (Lipinski definition) is 3. The summed E-state index contributed by atoms with van der Waals surface area (Å²) < 4.78 is 53.7. The van der Waals surface area contributed by atoms with Crippen LogP contribution in [-0.4, -0.2) is 36.9 Å². The summed E-state index contributed by atoms with van der Waals surface area (Å²) in [7, 11) is -4.04. The van der Waals surface area contributed by atoms with Crippen molar-refractivity contribution in [1.82, 2.24) is 4.31 Å². The summed E-state index contributed by atoms with van der Waals surface area (Å²) in [5.74, 6) is -3.97. The topological polar surface area (TPSA) is 86.7 Å². The van der Waals surface area contributed by atoms with E-state index in [1.54, 1.807) is 0 Å². The minimum atomic E-state index is -4.04. The van der Waals surface area contributed by atoms with Crippen molar-refractivity contribution in [2.75, 3.05) is 17.8 Å². The fourth-order valence-electron chi connectivity index (χ4n) is 2.13. The third kappa shape index (κ3) is 3.48. The molecule has 6 nitrogen and oxygen atoms in total. The van der Waals surface area contributed by atoms with Gasteiger partial charge in [-0.3, -0.25) is 9.52 Å². The second-order valence-electron chi connectivity index (χ2n) is 4.72. The smallest absolute Gasteiger partial charge is 0.306 e. The number of halogens is 2. The van der Waals surface area contributed by atoms with E-state index in [0.29, 0.717) is 0 Å². The van der Waals surface area contributed by atoms with Crippen molar-refractivity contribution in [3.63, 3.8) is 0 Å². The van der Waals surface area contributed by atoms with Crippen LogP contribution in [0.3, 0.4) is 0 Å². The van der Waals surface area contributed by atoms with Crippen LogP contribution in [0.1, 0.15) is 12.8 Å². The summed E-state index contributed by atoms with van der Waals surface area (Å²) in [5.41, 5.74) is -0.477. The van der Waals surface area contributed by atoms with Gasteiger partial charge in [0.05, 0.1) is 11.6 Å². The van der Waals surface area contributed by atoms with Gasteiger partial charge in [-0.25, -0.2) is 8.78 Å². The second-order valence-corrected chi connectivity index (χ2v) is 6.39. The van der Waals surface area contributed by atoms with E-state index in [0.717, 1.165) is 16.4 Å². The molecule has 1 saturated heterocycles. The second kappa shape index (κ2) is 5.94. The summed E-state index contributed by atoms with van der Waals surface area (Å²) in [6, 6.07) is 3.18. The van der Waals surface area contributed by atoms with Crippen LogP contribution in [0.4, 0.5) is 14.5 Å². The van der Waals surface area contributed by atoms with E-state index < -0.39 is 39.4 Å². The lowest BCUT2D eigenvalue weighted by Gasteiger charge is -2.29. The fraction of sp³-hybridized carbons (Fsp3) is 0.417. The molecule has 1 aliphatic rings. The zero-order valence-electron chi connectivity index (χ0n) is 10.9. The normalized spacial score (nSPS) is 17.6. The van der Waals surface area contributed by atoms with Crippen LogP contribution < -0.4 is 4.72 Å². The summed E-state index contributed by atoms with van der Waals surface area (Å²) in [5, 5.41) is 8.85. The number of carbonyl (C=O) groups is 1. The molecule has 1 aromatic carbocycles. The van der Waals surface area contributed by atoms with Crippen LogP contribution in [0.25, 0.3) is 0 Å². The number of aliphatic carboxylic acids is 1. The van der Waals surface area contributed by atoms with E-state index in [1.165, 1.54) is 6.07 Å². The molecule has 1 aliphatic heterocycles. The average Bonchev–Trinajstić information content (AvgIpc) is 2.44. The van der Waals surface area contributed by atoms with E-state index >= 15 is 0 Å². The maximum atomic E-state index is 13.5. The lowest BCUT2D eigenvalue weighted by Crippen LogP contribution is -2.43. The molecule has 0 amide bonds. The monoisotopic (exact) mass is 320 g/mol. The van der Waals surface area contributed by atoms with Crippen LogP contribution in [0.5, 0.6) is 0 Å². The Hall–Kier alpha value is -1.74. The van der Waals surface area contributed by atoms with Gasteiger partial charge in [-0.05, 0) is 25.0 Å². The first-order valence-electron chi connectivity index (χ1n) is 6.26. The predicted octanol–water partition coefficient (Wildman–Crippen LogP) is 1.42. The number of anilines is 1. The summed E-state index contributed by atoms with van der Waals surface area (Å²) in [4.78, 5) is 10.8. The number of piperidine rings is 1. The number of carboxylic acid groups (broad SMARTS) is 1. The van der Waals surface area contributed by atoms with Crippen LogP contribution in [0, 0.1) is 17.6 Å². The first kappa shape index (κ1) is 15.6. The van der Waals surface area contributed by atoms with Gasteiger partial charge >= 0.3 is 16.2 Å². The first-order chi connectivity index (χ1) is 9.81. The molecule has 2 rings (SSSR count). The number of nitrogens with one attached hydrogen (secondary N) is 1. The van der Waals surface area contributed by atoms with Crippen LogP contribution in [-0.2, 0) is 15.0 Å². The first-order valence-corrected chi connectivity index (χ1v) is 7.70. The third-order valence-electron chi connectivity index (χ3n) is 3.33. The van der Waals surface area contributed by atoms with Crippen LogP contribution >= 0.6 is 0 Å². The summed E-state index contributed by atoms with van der Waals surface area (Å²) >= 11 is 0. The molecular weight excluding hydrogens is 306 g/mol. The molecule has 0 spiro atoms. The SMILES string of the molecule is O=C(O)C1CCN(S(=O)(=O)Nc2cccc(F)c2F)CC1. The molecule has 1 heterocycles. The Labute approximate surface area is 120 Å². The Balaban J connectivity index is 2.09. The van der Waals surface area contributed by atoms with Crippen molar-refractivity contribution in [3.05, 3.63) is 29.8 Å². The van der Waals surface area contributed by atoms with Crippen LogP contribution in [0.15, 0.2) is 18.2 Å². The van der Waals surface area contributed by atoms with Gasteiger partial charge in [-0.15, -0.1) is 0 Å². The van der Waals surface area contributed by atoms with Gasteiger partial charge in [-0.2, -0.15) is 12.7 Å². The van der Waals surface area contributed by atoms with E-state index in [4.69, 9.17) is 5.11 Å². The maximum Gasteiger partial charge on any atom is 0.306 e. The number of benzene rings is 1. The number of rotatable bonds is 4. The molecule has 0 bridgehead atoms. The minimum absolute atomic E-state index is 0.0171. The molecule has 1 fully saturated rings. The highest BCUT2D eigenvalue weighted by Crippen LogP contribution is 2.23. The molecule has 0 saturated carbocycles. The highest BCUT2D eigenvalue weighted by Gasteiger charge is 2.31. The highest BCUT2D eigenvalue weighted by molar-refractivity contribution is 7.90. The fourth-order valence-corrected chi connectivity index (χ4v) is 3.39. The Bertz CT molecular complexity index is 643. The molecule has 0 atom stereocenters. The highest BCUT2D eigenvalue weighted by atomic mass is 32.2. The average molecular weight is 320 g/mol. The largest absolute Gasteiger partial charge is 0.481 e. The molecule has 0 unspecified atom stereocenters. The molecular formula is C12H14F2N2O4S. The van der Waals surface area contributed by atoms with Crippen molar-refractivity contribution < 1.29 is 27.1 Å². The molecule has 0 aliphatic carbocycles. The van der Waals surface area contributed by atoms with Crippen molar-refractivity contribution >= 4 is 21.9 Å². The van der Waals surface area contributed by atoms with Gasteiger partial charge in [0.2, 0.25) is 0 Å². The van der Waals surface area contributed by atoms with Gasteiger partial charge in [0.25, 0.3) is 0 Å². The van der Waals surface area contributed by atoms with Crippen LogP contribution in [0.2, 0.25) is 0 Å². The van der Waals surface area contributed by atoms with E-state index in [-0.39, 0.29) is 25.9 Å². The maximum absolute atomic E-state index is 13.5. The molecule has 21 heavy (non-hydrogen) atoms. The minimum Gasteiger partial charge on any atom is -0.481 e. The Kier molecular flexibility index (Phi) is 4.43. The van der Waals surface area contributed by atoms with Crippen molar-refractivity contribution in [2.24, 2.45) is 5.92 Å². The van der Waals surface area contributed by atoms with Crippen molar-refractivity contribution in [1.29, 1.82) is 0 Å². The third-order valence-corrected chi connectivity index (χ3v) is 4.86. The standard InChI is InChI=1S/C12H14F2N2O4S/c13-9-2-1-3-10(11(9)14)15-21(19,20)16-6-4-8(5-7-16)12(17)18/h1-3,8,15H,4-7H2,(H,17,18). The Morgan fingerprint density at radius 2 is 1.90 bits per heavy atom.